The molecule has 1 rings (SSSR count). The average Bonchev–Trinajstić information content (AvgIpc) is 2.25. The van der Waals surface area contributed by atoms with E-state index in [9.17, 15) is 4.79 Å². The summed E-state index contributed by atoms with van der Waals surface area (Å²) >= 11 is 0. The first-order valence-corrected chi connectivity index (χ1v) is 5.61. The van der Waals surface area contributed by atoms with Crippen LogP contribution in [0.4, 0.5) is 0 Å². The number of carbonyl (C=O) groups excluding carboxylic acids is 1. The van der Waals surface area contributed by atoms with Crippen molar-refractivity contribution in [1.82, 2.24) is 4.90 Å². The van der Waals surface area contributed by atoms with Crippen LogP contribution in [0.25, 0.3) is 0 Å². The van der Waals surface area contributed by atoms with Crippen LogP contribution in [0.1, 0.15) is 26.7 Å². The fraction of sp³-hybridized carbons (Fsp3) is 0.750. The minimum atomic E-state index is -0.222. The fourth-order valence-electron chi connectivity index (χ4n) is 1.96. The van der Waals surface area contributed by atoms with Gasteiger partial charge in [-0.05, 0) is 32.2 Å². The second-order valence-electron chi connectivity index (χ2n) is 4.39. The molecular weight excluding hydrogens is 190 g/mol. The summed E-state index contributed by atoms with van der Waals surface area (Å²) in [6.45, 7) is 7.24. The Hall–Kier alpha value is -0.830. The summed E-state index contributed by atoms with van der Waals surface area (Å²) in [5.74, 6) is 0.561. The number of carbonyl (C=O) groups is 1. The van der Waals surface area contributed by atoms with E-state index in [1.54, 1.807) is 6.92 Å². The summed E-state index contributed by atoms with van der Waals surface area (Å²) in [6, 6.07) is 0. The van der Waals surface area contributed by atoms with E-state index in [1.165, 1.54) is 20.0 Å². The molecule has 86 valence electrons. The topological polar surface area (TPSA) is 29.5 Å². The summed E-state index contributed by atoms with van der Waals surface area (Å²) in [7, 11) is 1.42. The van der Waals surface area contributed by atoms with Gasteiger partial charge in [0.2, 0.25) is 0 Å². The molecule has 0 aliphatic carbocycles. The summed E-state index contributed by atoms with van der Waals surface area (Å²) in [5, 5.41) is 0. The molecule has 0 radical (unpaired) electrons. The van der Waals surface area contributed by atoms with E-state index in [-0.39, 0.29) is 5.97 Å². The standard InChI is InChI=1S/C12H21NO2/c1-10-5-4-7-13(9-10)8-6-11(2)12(14)15-3/h6,10H,4-5,7-9H2,1-3H3. The molecule has 0 bridgehead atoms. The molecule has 3 heteroatoms. The van der Waals surface area contributed by atoms with Crippen LogP contribution in [-0.2, 0) is 9.53 Å². The van der Waals surface area contributed by atoms with Crippen molar-refractivity contribution in [3.8, 4) is 0 Å². The molecule has 1 saturated heterocycles. The Balaban J connectivity index is 2.38. The molecule has 0 amide bonds. The lowest BCUT2D eigenvalue weighted by atomic mass is 10.0. The molecule has 1 atom stereocenters. The van der Waals surface area contributed by atoms with E-state index in [1.807, 2.05) is 6.08 Å². The van der Waals surface area contributed by atoms with Gasteiger partial charge in [-0.1, -0.05) is 13.0 Å². The second kappa shape index (κ2) is 5.91. The molecule has 3 nitrogen and oxygen atoms in total. The number of piperidine rings is 1. The van der Waals surface area contributed by atoms with Gasteiger partial charge in [0, 0.05) is 18.7 Å². The van der Waals surface area contributed by atoms with E-state index in [0.717, 1.165) is 25.6 Å². The van der Waals surface area contributed by atoms with Crippen LogP contribution in [0.15, 0.2) is 11.6 Å². The number of hydrogen-bond acceptors (Lipinski definition) is 3. The number of methoxy groups -OCH3 is 1. The minimum Gasteiger partial charge on any atom is -0.466 e. The van der Waals surface area contributed by atoms with Gasteiger partial charge in [-0.3, -0.25) is 4.90 Å². The quantitative estimate of drug-likeness (QED) is 0.527. The number of likely N-dealkylation sites (tertiary alicyclic amines) is 1. The Morgan fingerprint density at radius 1 is 1.60 bits per heavy atom. The van der Waals surface area contributed by atoms with Gasteiger partial charge < -0.3 is 4.74 Å². The molecular formula is C12H21NO2. The number of ether oxygens (including phenoxy) is 1. The summed E-state index contributed by atoms with van der Waals surface area (Å²) < 4.78 is 4.65. The second-order valence-corrected chi connectivity index (χ2v) is 4.39. The predicted molar refractivity (Wildman–Crippen MR) is 60.6 cm³/mol. The Morgan fingerprint density at radius 3 is 2.93 bits per heavy atom. The van der Waals surface area contributed by atoms with E-state index in [2.05, 4.69) is 16.6 Å². The van der Waals surface area contributed by atoms with E-state index in [0.29, 0.717) is 5.57 Å². The van der Waals surface area contributed by atoms with Crippen molar-refractivity contribution < 1.29 is 9.53 Å². The highest BCUT2D eigenvalue weighted by molar-refractivity contribution is 5.87. The molecule has 0 aromatic rings. The van der Waals surface area contributed by atoms with Crippen LogP contribution in [-0.4, -0.2) is 37.6 Å². The summed E-state index contributed by atoms with van der Waals surface area (Å²) in [4.78, 5) is 13.5. The molecule has 1 fully saturated rings. The van der Waals surface area contributed by atoms with Crippen molar-refractivity contribution in [3.05, 3.63) is 11.6 Å². The zero-order valence-corrected chi connectivity index (χ0v) is 9.95. The maximum atomic E-state index is 11.1. The van der Waals surface area contributed by atoms with Gasteiger partial charge in [0.1, 0.15) is 0 Å². The van der Waals surface area contributed by atoms with E-state index in [4.69, 9.17) is 0 Å². The minimum absolute atomic E-state index is 0.222. The number of hydrogen-bond donors (Lipinski definition) is 0. The lowest BCUT2D eigenvalue weighted by Crippen LogP contribution is -2.34. The van der Waals surface area contributed by atoms with Crippen molar-refractivity contribution in [2.75, 3.05) is 26.7 Å². The number of nitrogens with zero attached hydrogens (tertiary/aromatic N) is 1. The van der Waals surface area contributed by atoms with Crippen LogP contribution in [0.2, 0.25) is 0 Å². The van der Waals surface area contributed by atoms with Crippen molar-refractivity contribution in [3.63, 3.8) is 0 Å². The molecule has 1 aliphatic rings. The largest absolute Gasteiger partial charge is 0.466 e. The highest BCUT2D eigenvalue weighted by Crippen LogP contribution is 2.15. The van der Waals surface area contributed by atoms with Crippen LogP contribution >= 0.6 is 0 Å². The maximum Gasteiger partial charge on any atom is 0.333 e. The Labute approximate surface area is 92.1 Å². The van der Waals surface area contributed by atoms with Crippen LogP contribution in [0.5, 0.6) is 0 Å². The Morgan fingerprint density at radius 2 is 2.33 bits per heavy atom. The van der Waals surface area contributed by atoms with Gasteiger partial charge in [0.15, 0.2) is 0 Å². The third-order valence-corrected chi connectivity index (χ3v) is 2.90. The summed E-state index contributed by atoms with van der Waals surface area (Å²) in [5.41, 5.74) is 0.704. The summed E-state index contributed by atoms with van der Waals surface area (Å²) in [6.07, 6.45) is 4.56. The van der Waals surface area contributed by atoms with Crippen molar-refractivity contribution in [1.29, 1.82) is 0 Å². The molecule has 1 aliphatic heterocycles. The molecule has 0 spiro atoms. The monoisotopic (exact) mass is 211 g/mol. The highest BCUT2D eigenvalue weighted by Gasteiger charge is 2.15. The molecule has 0 N–H and O–H groups in total. The average molecular weight is 211 g/mol. The first-order chi connectivity index (χ1) is 7.13. The molecule has 0 aromatic carbocycles. The zero-order chi connectivity index (χ0) is 11.3. The van der Waals surface area contributed by atoms with Gasteiger partial charge in [-0.2, -0.15) is 0 Å². The lowest BCUT2D eigenvalue weighted by molar-refractivity contribution is -0.136. The molecule has 0 saturated carbocycles. The maximum absolute atomic E-state index is 11.1. The van der Waals surface area contributed by atoms with Gasteiger partial charge in [0.25, 0.3) is 0 Å². The number of esters is 1. The smallest absolute Gasteiger partial charge is 0.333 e. The lowest BCUT2D eigenvalue weighted by Gasteiger charge is -2.29. The zero-order valence-electron chi connectivity index (χ0n) is 9.95. The normalized spacial score (nSPS) is 23.9. The fourth-order valence-corrected chi connectivity index (χ4v) is 1.96. The van der Waals surface area contributed by atoms with Crippen LogP contribution in [0.3, 0.4) is 0 Å². The Kier molecular flexibility index (Phi) is 4.82. The van der Waals surface area contributed by atoms with E-state index >= 15 is 0 Å². The van der Waals surface area contributed by atoms with Crippen LogP contribution < -0.4 is 0 Å². The third kappa shape index (κ3) is 4.04. The molecule has 0 aromatic heterocycles. The number of rotatable bonds is 3. The van der Waals surface area contributed by atoms with Gasteiger partial charge in [0.05, 0.1) is 7.11 Å². The van der Waals surface area contributed by atoms with Gasteiger partial charge in [-0.15, -0.1) is 0 Å². The van der Waals surface area contributed by atoms with Crippen LogP contribution in [0, 0.1) is 5.92 Å². The molecule has 1 heterocycles. The van der Waals surface area contributed by atoms with Gasteiger partial charge in [-0.25, -0.2) is 4.79 Å². The SMILES string of the molecule is COC(=O)C(C)=CCN1CCCC(C)C1. The van der Waals surface area contributed by atoms with Crippen molar-refractivity contribution in [2.45, 2.75) is 26.7 Å². The first-order valence-electron chi connectivity index (χ1n) is 5.61. The van der Waals surface area contributed by atoms with Gasteiger partial charge >= 0.3 is 5.97 Å². The van der Waals surface area contributed by atoms with Crippen molar-refractivity contribution >= 4 is 5.97 Å². The van der Waals surface area contributed by atoms with E-state index < -0.39 is 0 Å². The predicted octanol–water partition coefficient (Wildman–Crippen LogP) is 1.84. The highest BCUT2D eigenvalue weighted by atomic mass is 16.5. The molecule has 15 heavy (non-hydrogen) atoms. The molecule has 1 unspecified atom stereocenters. The first kappa shape index (κ1) is 12.2. The third-order valence-electron chi connectivity index (χ3n) is 2.90. The Bertz CT molecular complexity index is 248. The van der Waals surface area contributed by atoms with Crippen molar-refractivity contribution in [2.24, 2.45) is 5.92 Å².